The molecule has 0 bridgehead atoms. The van der Waals surface area contributed by atoms with E-state index < -0.39 is 0 Å². The molecule has 2 nitrogen and oxygen atoms in total. The molecule has 1 aromatic heterocycles. The quantitative estimate of drug-likeness (QED) is 0.884. The van der Waals surface area contributed by atoms with Crippen LogP contribution in [0.2, 0.25) is 5.02 Å². The third-order valence-electron chi connectivity index (χ3n) is 2.57. The van der Waals surface area contributed by atoms with E-state index in [9.17, 15) is 0 Å². The van der Waals surface area contributed by atoms with Crippen molar-refractivity contribution in [3.63, 3.8) is 0 Å². The van der Waals surface area contributed by atoms with Gasteiger partial charge in [0.05, 0.1) is 6.04 Å². The predicted molar refractivity (Wildman–Crippen MR) is 65.6 cm³/mol. The maximum absolute atomic E-state index is 6.10. The van der Waals surface area contributed by atoms with Crippen LogP contribution in [0.3, 0.4) is 0 Å². The van der Waals surface area contributed by atoms with Crippen molar-refractivity contribution in [1.29, 1.82) is 0 Å². The molecule has 0 aliphatic carbocycles. The highest BCUT2D eigenvalue weighted by Crippen LogP contribution is 2.23. The van der Waals surface area contributed by atoms with Crippen LogP contribution in [0, 0.1) is 0 Å². The average molecular weight is 236 g/mol. The summed E-state index contributed by atoms with van der Waals surface area (Å²) >= 11 is 5.82. The van der Waals surface area contributed by atoms with Crippen LogP contribution in [0.4, 0.5) is 0 Å². The van der Waals surface area contributed by atoms with Crippen LogP contribution in [-0.2, 0) is 6.42 Å². The van der Waals surface area contributed by atoms with Crippen molar-refractivity contribution < 1.29 is 4.42 Å². The summed E-state index contributed by atoms with van der Waals surface area (Å²) in [7, 11) is 0. The Hall–Kier alpha value is -1.25. The lowest BCUT2D eigenvalue weighted by Gasteiger charge is -2.09. The van der Waals surface area contributed by atoms with E-state index in [4.69, 9.17) is 21.8 Å². The largest absolute Gasteiger partial charge is 0.464 e. The van der Waals surface area contributed by atoms with Gasteiger partial charge in [-0.1, -0.05) is 30.7 Å². The van der Waals surface area contributed by atoms with Gasteiger partial charge in [-0.15, -0.1) is 0 Å². The van der Waals surface area contributed by atoms with E-state index in [1.165, 1.54) is 0 Å². The molecule has 2 rings (SSSR count). The molecule has 0 aliphatic heterocycles. The van der Waals surface area contributed by atoms with Crippen LogP contribution in [0.5, 0.6) is 0 Å². The summed E-state index contributed by atoms with van der Waals surface area (Å²) in [5.41, 5.74) is 7.10. The number of hydrogen-bond acceptors (Lipinski definition) is 2. The molecule has 0 spiro atoms. The minimum atomic E-state index is -0.224. The molecule has 0 radical (unpaired) electrons. The molecule has 2 aromatic rings. The fraction of sp³-hybridized carbons (Fsp3) is 0.231. The monoisotopic (exact) mass is 235 g/mol. The molecule has 0 saturated carbocycles. The zero-order valence-electron chi connectivity index (χ0n) is 9.11. The standard InChI is InChI=1S/C13H14ClNO/c1-2-11-7-8-12(16-11)13(15)9-3-5-10(14)6-4-9/h3-8,13H,2,15H2,1H3. The summed E-state index contributed by atoms with van der Waals surface area (Å²) in [6.45, 7) is 2.05. The lowest BCUT2D eigenvalue weighted by Crippen LogP contribution is -2.10. The van der Waals surface area contributed by atoms with Gasteiger partial charge in [0.25, 0.3) is 0 Å². The van der Waals surface area contributed by atoms with E-state index in [0.29, 0.717) is 5.02 Å². The van der Waals surface area contributed by atoms with Gasteiger partial charge in [-0.3, -0.25) is 0 Å². The van der Waals surface area contributed by atoms with E-state index in [0.717, 1.165) is 23.5 Å². The van der Waals surface area contributed by atoms with Crippen molar-refractivity contribution in [1.82, 2.24) is 0 Å². The van der Waals surface area contributed by atoms with E-state index in [1.54, 1.807) is 0 Å². The van der Waals surface area contributed by atoms with Gasteiger partial charge in [-0.2, -0.15) is 0 Å². The Bertz CT molecular complexity index is 461. The van der Waals surface area contributed by atoms with E-state index in [2.05, 4.69) is 6.92 Å². The minimum absolute atomic E-state index is 0.224. The molecule has 0 saturated heterocycles. The number of rotatable bonds is 3. The van der Waals surface area contributed by atoms with Gasteiger partial charge in [-0.25, -0.2) is 0 Å². The molecule has 2 N–H and O–H groups in total. The van der Waals surface area contributed by atoms with Gasteiger partial charge in [0.2, 0.25) is 0 Å². The fourth-order valence-electron chi connectivity index (χ4n) is 1.59. The molecule has 0 aliphatic rings. The summed E-state index contributed by atoms with van der Waals surface area (Å²) in [5.74, 6) is 1.75. The van der Waals surface area contributed by atoms with Crippen LogP contribution >= 0.6 is 11.6 Å². The van der Waals surface area contributed by atoms with Gasteiger partial charge in [0.1, 0.15) is 11.5 Å². The fourth-order valence-corrected chi connectivity index (χ4v) is 1.71. The summed E-state index contributed by atoms with van der Waals surface area (Å²) in [4.78, 5) is 0. The number of hydrogen-bond donors (Lipinski definition) is 1. The Morgan fingerprint density at radius 1 is 1.19 bits per heavy atom. The Balaban J connectivity index is 2.24. The summed E-state index contributed by atoms with van der Waals surface area (Å²) in [5, 5.41) is 0.713. The first-order valence-electron chi connectivity index (χ1n) is 5.30. The topological polar surface area (TPSA) is 39.2 Å². The SMILES string of the molecule is CCc1ccc(C(N)c2ccc(Cl)cc2)o1. The van der Waals surface area contributed by atoms with Crippen LogP contribution in [0.25, 0.3) is 0 Å². The zero-order chi connectivity index (χ0) is 11.5. The van der Waals surface area contributed by atoms with Crippen molar-refractivity contribution in [2.75, 3.05) is 0 Å². The molecule has 1 atom stereocenters. The van der Waals surface area contributed by atoms with Gasteiger partial charge >= 0.3 is 0 Å². The molecule has 0 amide bonds. The van der Waals surface area contributed by atoms with Gasteiger partial charge in [0, 0.05) is 11.4 Å². The highest BCUT2D eigenvalue weighted by atomic mass is 35.5. The first-order chi connectivity index (χ1) is 7.70. The second kappa shape index (κ2) is 4.73. The van der Waals surface area contributed by atoms with Crippen LogP contribution in [0.1, 0.15) is 30.0 Å². The highest BCUT2D eigenvalue weighted by Gasteiger charge is 2.12. The van der Waals surface area contributed by atoms with Crippen molar-refractivity contribution in [3.8, 4) is 0 Å². The van der Waals surface area contributed by atoms with Gasteiger partial charge in [-0.05, 0) is 29.8 Å². The third-order valence-corrected chi connectivity index (χ3v) is 2.82. The van der Waals surface area contributed by atoms with E-state index in [1.807, 2.05) is 36.4 Å². The van der Waals surface area contributed by atoms with Crippen LogP contribution in [0.15, 0.2) is 40.8 Å². The van der Waals surface area contributed by atoms with Gasteiger partial charge < -0.3 is 10.2 Å². The lowest BCUT2D eigenvalue weighted by atomic mass is 10.1. The first kappa shape index (κ1) is 11.2. The third kappa shape index (κ3) is 2.29. The normalized spacial score (nSPS) is 12.7. The summed E-state index contributed by atoms with van der Waals surface area (Å²) < 4.78 is 5.62. The number of benzene rings is 1. The average Bonchev–Trinajstić information content (AvgIpc) is 2.77. The van der Waals surface area contributed by atoms with Crippen LogP contribution < -0.4 is 5.73 Å². The number of nitrogens with two attached hydrogens (primary N) is 1. The zero-order valence-corrected chi connectivity index (χ0v) is 9.87. The molecule has 84 valence electrons. The Morgan fingerprint density at radius 2 is 1.88 bits per heavy atom. The Kier molecular flexibility index (Phi) is 3.32. The number of halogens is 1. The molecular weight excluding hydrogens is 222 g/mol. The number of aryl methyl sites for hydroxylation is 1. The summed E-state index contributed by atoms with van der Waals surface area (Å²) in [6, 6.07) is 11.2. The summed E-state index contributed by atoms with van der Waals surface area (Å²) in [6.07, 6.45) is 0.882. The molecule has 1 unspecified atom stereocenters. The second-order valence-electron chi connectivity index (χ2n) is 3.69. The molecular formula is C13H14ClNO. The van der Waals surface area contributed by atoms with E-state index in [-0.39, 0.29) is 6.04 Å². The Labute approximate surface area is 100 Å². The van der Waals surface area contributed by atoms with E-state index >= 15 is 0 Å². The lowest BCUT2D eigenvalue weighted by molar-refractivity contribution is 0.454. The molecule has 3 heteroatoms. The molecule has 1 aromatic carbocycles. The van der Waals surface area contributed by atoms with Gasteiger partial charge in [0.15, 0.2) is 0 Å². The Morgan fingerprint density at radius 3 is 2.44 bits per heavy atom. The molecule has 1 heterocycles. The predicted octanol–water partition coefficient (Wildman–Crippen LogP) is 3.54. The van der Waals surface area contributed by atoms with Crippen molar-refractivity contribution in [3.05, 3.63) is 58.5 Å². The maximum atomic E-state index is 6.10. The van der Waals surface area contributed by atoms with Crippen LogP contribution in [-0.4, -0.2) is 0 Å². The minimum Gasteiger partial charge on any atom is -0.464 e. The molecule has 0 fully saturated rings. The second-order valence-corrected chi connectivity index (χ2v) is 4.12. The number of furan rings is 1. The molecule has 16 heavy (non-hydrogen) atoms. The van der Waals surface area contributed by atoms with Crippen molar-refractivity contribution in [2.24, 2.45) is 5.73 Å². The maximum Gasteiger partial charge on any atom is 0.125 e. The smallest absolute Gasteiger partial charge is 0.125 e. The van der Waals surface area contributed by atoms with Crippen molar-refractivity contribution >= 4 is 11.6 Å². The first-order valence-corrected chi connectivity index (χ1v) is 5.68. The highest BCUT2D eigenvalue weighted by molar-refractivity contribution is 6.30. The van der Waals surface area contributed by atoms with Crippen molar-refractivity contribution in [2.45, 2.75) is 19.4 Å².